The second-order valence-electron chi connectivity index (χ2n) is 8.46. The molecule has 4 N–H and O–H groups in total. The molecule has 2 aromatic heterocycles. The van der Waals surface area contributed by atoms with Crippen LogP contribution in [0.15, 0.2) is 36.4 Å². The van der Waals surface area contributed by atoms with Crippen LogP contribution in [0, 0.1) is 11.6 Å². The molecule has 1 aliphatic heterocycles. The maximum Gasteiger partial charge on any atom is 0.251 e. The van der Waals surface area contributed by atoms with Gasteiger partial charge in [-0.2, -0.15) is 0 Å². The largest absolute Gasteiger partial charge is 0.396 e. The average Bonchev–Trinajstić information content (AvgIpc) is 3.22. The number of anilines is 3. The van der Waals surface area contributed by atoms with Crippen LogP contribution in [0.5, 0.6) is 0 Å². The lowest BCUT2D eigenvalue weighted by atomic mass is 9.99. The molecule has 1 aliphatic rings. The van der Waals surface area contributed by atoms with Gasteiger partial charge in [-0.1, -0.05) is 13.0 Å². The van der Waals surface area contributed by atoms with E-state index in [0.29, 0.717) is 16.4 Å². The van der Waals surface area contributed by atoms with Crippen molar-refractivity contribution in [2.45, 2.75) is 12.8 Å². The first-order valence-electron chi connectivity index (χ1n) is 11.0. The number of rotatable bonds is 7. The Hall–Kier alpha value is -3.08. The van der Waals surface area contributed by atoms with Crippen molar-refractivity contribution in [1.82, 2.24) is 9.88 Å². The summed E-state index contributed by atoms with van der Waals surface area (Å²) in [6.07, 6.45) is 0. The van der Waals surface area contributed by atoms with E-state index >= 15 is 0 Å². The number of primary amides is 1. The number of aromatic nitrogens is 1. The molecule has 7 nitrogen and oxygen atoms in total. The number of carbonyl (C=O) groups excluding carboxylic acids is 1. The number of halogens is 2. The van der Waals surface area contributed by atoms with E-state index in [9.17, 15) is 18.7 Å². The van der Waals surface area contributed by atoms with Crippen LogP contribution < -0.4 is 16.0 Å². The molecule has 0 aliphatic carbocycles. The van der Waals surface area contributed by atoms with Crippen molar-refractivity contribution in [3.63, 3.8) is 0 Å². The molecule has 34 heavy (non-hydrogen) atoms. The molecule has 180 valence electrons. The summed E-state index contributed by atoms with van der Waals surface area (Å²) in [6, 6.07) is 9.34. The Bertz CT molecular complexity index is 1170. The van der Waals surface area contributed by atoms with E-state index in [1.807, 2.05) is 12.1 Å². The van der Waals surface area contributed by atoms with E-state index in [4.69, 9.17) is 5.73 Å². The molecule has 1 unspecified atom stereocenters. The van der Waals surface area contributed by atoms with Crippen molar-refractivity contribution in [1.29, 1.82) is 0 Å². The predicted molar refractivity (Wildman–Crippen MR) is 131 cm³/mol. The number of nitrogens with two attached hydrogens (primary N) is 1. The van der Waals surface area contributed by atoms with Gasteiger partial charge in [0, 0.05) is 43.6 Å². The second-order valence-corrected chi connectivity index (χ2v) is 9.51. The maximum atomic E-state index is 14.9. The van der Waals surface area contributed by atoms with Crippen LogP contribution in [-0.4, -0.2) is 60.7 Å². The van der Waals surface area contributed by atoms with Crippen molar-refractivity contribution in [2.24, 2.45) is 5.73 Å². The molecule has 3 aromatic rings. The van der Waals surface area contributed by atoms with Crippen LogP contribution in [0.25, 0.3) is 10.4 Å². The molecule has 1 saturated heterocycles. The van der Waals surface area contributed by atoms with Gasteiger partial charge in [-0.05, 0) is 42.9 Å². The molecule has 4 rings (SSSR count). The number of carbonyl (C=O) groups is 1. The normalized spacial score (nSPS) is 15.4. The van der Waals surface area contributed by atoms with Gasteiger partial charge in [-0.25, -0.2) is 13.8 Å². The highest BCUT2D eigenvalue weighted by atomic mass is 32.1. The van der Waals surface area contributed by atoms with Gasteiger partial charge in [-0.15, -0.1) is 11.3 Å². The molecule has 0 bridgehead atoms. The van der Waals surface area contributed by atoms with Crippen molar-refractivity contribution in [2.75, 3.05) is 50.1 Å². The third-order valence-corrected chi connectivity index (χ3v) is 7.02. The quantitative estimate of drug-likeness (QED) is 0.470. The van der Waals surface area contributed by atoms with Crippen molar-refractivity contribution in [3.8, 4) is 10.4 Å². The van der Waals surface area contributed by atoms with E-state index in [0.717, 1.165) is 43.3 Å². The highest BCUT2D eigenvalue weighted by Crippen LogP contribution is 2.40. The number of likely N-dealkylation sites (N-methyl/N-ethyl adjacent to an activating group) is 1. The Balaban J connectivity index is 1.65. The van der Waals surface area contributed by atoms with E-state index in [1.165, 1.54) is 18.2 Å². The zero-order valence-corrected chi connectivity index (χ0v) is 19.8. The maximum absolute atomic E-state index is 14.9. The second kappa shape index (κ2) is 10.0. The van der Waals surface area contributed by atoms with Gasteiger partial charge in [0.05, 0.1) is 11.1 Å². The molecule has 1 aromatic carbocycles. The SMILES string of the molecule is CC(CO)c1cc(F)c(-c2cc(C(N)=O)c(Nc3cccc(N4CCN(C)CC4)n3)s2)c(F)c1. The van der Waals surface area contributed by atoms with Crippen LogP contribution in [0.1, 0.15) is 28.8 Å². The number of hydrogen-bond acceptors (Lipinski definition) is 7. The van der Waals surface area contributed by atoms with Crippen LogP contribution in [0.4, 0.5) is 25.4 Å². The van der Waals surface area contributed by atoms with Gasteiger partial charge in [0.15, 0.2) is 0 Å². The fourth-order valence-corrected chi connectivity index (χ4v) is 4.95. The van der Waals surface area contributed by atoms with Crippen LogP contribution in [-0.2, 0) is 0 Å². The van der Waals surface area contributed by atoms with Crippen molar-refractivity contribution < 1.29 is 18.7 Å². The molecule has 1 fully saturated rings. The molecular formula is C24H27F2N5O2S. The van der Waals surface area contributed by atoms with Gasteiger partial charge < -0.3 is 26.0 Å². The highest BCUT2D eigenvalue weighted by molar-refractivity contribution is 7.20. The number of thiophene rings is 1. The monoisotopic (exact) mass is 487 g/mol. The molecule has 0 spiro atoms. The van der Waals surface area contributed by atoms with Gasteiger partial charge in [-0.3, -0.25) is 4.79 Å². The van der Waals surface area contributed by atoms with Gasteiger partial charge in [0.25, 0.3) is 5.91 Å². The smallest absolute Gasteiger partial charge is 0.251 e. The Morgan fingerprint density at radius 1 is 1.21 bits per heavy atom. The van der Waals surface area contributed by atoms with Crippen LogP contribution in [0.2, 0.25) is 0 Å². The molecule has 10 heteroatoms. The standard InChI is InChI=1S/C24H27F2N5O2S/c1-14(13-32)15-10-17(25)22(18(26)11-15)19-12-16(23(27)33)24(34-19)29-20-4-3-5-21(28-20)31-8-6-30(2)7-9-31/h3-5,10-12,14,32H,6-9,13H2,1-2H3,(H2,27,33)(H,28,29). The minimum atomic E-state index is -0.769. The molecule has 1 amide bonds. The van der Waals surface area contributed by atoms with Crippen molar-refractivity contribution in [3.05, 3.63) is 59.2 Å². The Morgan fingerprint density at radius 2 is 1.88 bits per heavy atom. The number of hydrogen-bond donors (Lipinski definition) is 3. The molecular weight excluding hydrogens is 460 g/mol. The third-order valence-electron chi connectivity index (χ3n) is 5.95. The predicted octanol–water partition coefficient (Wildman–Crippen LogP) is 3.78. The lowest BCUT2D eigenvalue weighted by Crippen LogP contribution is -2.44. The van der Waals surface area contributed by atoms with Gasteiger partial charge in [0.1, 0.15) is 28.3 Å². The summed E-state index contributed by atoms with van der Waals surface area (Å²) in [5.41, 5.74) is 5.80. The summed E-state index contributed by atoms with van der Waals surface area (Å²) in [4.78, 5) is 21.4. The number of nitrogens with one attached hydrogen (secondary N) is 1. The minimum Gasteiger partial charge on any atom is -0.396 e. The zero-order chi connectivity index (χ0) is 24.4. The van der Waals surface area contributed by atoms with Crippen LogP contribution >= 0.6 is 11.3 Å². The third kappa shape index (κ3) is 5.03. The summed E-state index contributed by atoms with van der Waals surface area (Å²) in [5, 5.41) is 12.8. The Morgan fingerprint density at radius 3 is 2.50 bits per heavy atom. The minimum absolute atomic E-state index is 0.124. The van der Waals surface area contributed by atoms with E-state index in [-0.39, 0.29) is 22.6 Å². The average molecular weight is 488 g/mol. The van der Waals surface area contributed by atoms with E-state index in [1.54, 1.807) is 13.0 Å². The molecule has 3 heterocycles. The van der Waals surface area contributed by atoms with Gasteiger partial charge in [0.2, 0.25) is 0 Å². The van der Waals surface area contributed by atoms with Crippen LogP contribution in [0.3, 0.4) is 0 Å². The lowest BCUT2D eigenvalue weighted by Gasteiger charge is -2.33. The summed E-state index contributed by atoms with van der Waals surface area (Å²) in [5.74, 6) is -1.35. The number of benzene rings is 1. The van der Waals surface area contributed by atoms with E-state index in [2.05, 4.69) is 27.1 Å². The summed E-state index contributed by atoms with van der Waals surface area (Å²) < 4.78 is 29.8. The topological polar surface area (TPSA) is 94.7 Å². The number of nitrogens with zero attached hydrogens (tertiary/aromatic N) is 3. The number of amides is 1. The Labute approximate surface area is 200 Å². The number of aliphatic hydroxyl groups excluding tert-OH is 1. The van der Waals surface area contributed by atoms with E-state index < -0.39 is 23.5 Å². The number of pyridine rings is 1. The molecule has 0 radical (unpaired) electrons. The fraction of sp³-hybridized carbons (Fsp3) is 0.333. The zero-order valence-electron chi connectivity index (χ0n) is 19.0. The number of aliphatic hydroxyl groups is 1. The fourth-order valence-electron chi connectivity index (χ4n) is 3.83. The van der Waals surface area contributed by atoms with Gasteiger partial charge >= 0.3 is 0 Å². The highest BCUT2D eigenvalue weighted by Gasteiger charge is 2.22. The first kappa shape index (κ1) is 24.1. The molecule has 0 saturated carbocycles. The first-order valence-corrected chi connectivity index (χ1v) is 11.8. The summed E-state index contributed by atoms with van der Waals surface area (Å²) in [6.45, 7) is 5.03. The first-order chi connectivity index (χ1) is 16.3. The summed E-state index contributed by atoms with van der Waals surface area (Å²) >= 11 is 1.02. The summed E-state index contributed by atoms with van der Waals surface area (Å²) in [7, 11) is 2.08. The van der Waals surface area contributed by atoms with Crippen molar-refractivity contribution >= 4 is 33.9 Å². The lowest BCUT2D eigenvalue weighted by molar-refractivity contribution is 0.100. The number of piperazine rings is 1. The molecule has 1 atom stereocenters. The Kier molecular flexibility index (Phi) is 7.11.